The number of nitrogens with zero attached hydrogens (tertiary/aromatic N) is 7. The molecule has 334 valence electrons. The number of carbonyl (C=O) groups excluding carboxylic acids is 5. The second-order valence-corrected chi connectivity index (χ2v) is 17.0. The molecule has 4 fully saturated rings. The number of aromatic nitrogens is 1. The lowest BCUT2D eigenvalue weighted by Gasteiger charge is -2.43. The van der Waals surface area contributed by atoms with Crippen LogP contribution in [0, 0.1) is 6.92 Å². The fraction of sp³-hybridized carbons (Fsp3) is 0.591. The molecule has 18 nitrogen and oxygen atoms in total. The van der Waals surface area contributed by atoms with Crippen LogP contribution in [0.15, 0.2) is 45.6 Å². The average Bonchev–Trinajstić information content (AvgIpc) is 3.47. The Kier molecular flexibility index (Phi) is 13.4. The lowest BCUT2D eigenvalue weighted by Crippen LogP contribution is -2.56. The number of hydrogen-bond donors (Lipinski definition) is 1. The van der Waals surface area contributed by atoms with Crippen molar-refractivity contribution in [1.29, 1.82) is 0 Å². The number of carbonyl (C=O) groups is 5. The molecule has 1 aromatic heterocycles. The summed E-state index contributed by atoms with van der Waals surface area (Å²) in [6, 6.07) is 11.4. The molecule has 0 saturated carbocycles. The van der Waals surface area contributed by atoms with Crippen molar-refractivity contribution in [3.8, 4) is 0 Å². The molecule has 3 aromatic rings. The normalized spacial score (nSPS) is 20.4. The number of piperidine rings is 2. The molecule has 5 amide bonds. The quantitative estimate of drug-likeness (QED) is 0.245. The monoisotopic (exact) mass is 858 g/mol. The number of para-hydroxylation sites is 1. The van der Waals surface area contributed by atoms with Crippen LogP contribution in [0.1, 0.15) is 42.4 Å². The molecule has 4 saturated heterocycles. The number of hydrogen-bond acceptors (Lipinski definition) is 12. The standard InChI is InChI=1S/C44H58N8O10/c1-30-27-31(28-36-38(30)46(2)43(57)61-36)29-37(62-44(58)51-14-10-34(11-15-51)52-16-7-32-5-3-4-6-35(32)45-42(52)56)39(53)49-12-8-33(9-13-49)48-17-19-50(20-18-48)40(54)41(55)60-26-23-47-21-24-59-25-22-47/h3-6,27-28,33-34,37H,7-26,29H2,1-2H3,(H,45,56)/t37-/m1/s1. The number of amides is 5. The first-order valence-electron chi connectivity index (χ1n) is 22.0. The maximum absolute atomic E-state index is 14.4. The first-order chi connectivity index (χ1) is 30.0. The summed E-state index contributed by atoms with van der Waals surface area (Å²) in [5.41, 5.74) is 4.48. The van der Waals surface area contributed by atoms with Crippen molar-refractivity contribution in [2.24, 2.45) is 7.05 Å². The van der Waals surface area contributed by atoms with Crippen LogP contribution in [0.2, 0.25) is 0 Å². The number of likely N-dealkylation sites (tertiary alicyclic amines) is 2. The third-order valence-electron chi connectivity index (χ3n) is 13.2. The summed E-state index contributed by atoms with van der Waals surface area (Å²) in [7, 11) is 1.64. The van der Waals surface area contributed by atoms with E-state index in [-0.39, 0.29) is 37.0 Å². The van der Waals surface area contributed by atoms with Gasteiger partial charge in [-0.05, 0) is 67.9 Å². The molecule has 6 heterocycles. The van der Waals surface area contributed by atoms with Crippen LogP contribution in [-0.4, -0.2) is 180 Å². The smallest absolute Gasteiger partial charge is 0.419 e. The summed E-state index contributed by atoms with van der Waals surface area (Å²) in [4.78, 5) is 90.5. The molecule has 0 unspecified atom stereocenters. The molecule has 0 aliphatic carbocycles. The number of ether oxygens (including phenoxy) is 3. The average molecular weight is 859 g/mol. The molecule has 0 spiro atoms. The molecule has 0 radical (unpaired) electrons. The second-order valence-electron chi connectivity index (χ2n) is 17.0. The molecular weight excluding hydrogens is 801 g/mol. The second kappa shape index (κ2) is 19.3. The minimum absolute atomic E-state index is 0.0435. The molecule has 5 aliphatic rings. The van der Waals surface area contributed by atoms with Gasteiger partial charge < -0.3 is 43.5 Å². The Morgan fingerprint density at radius 1 is 0.823 bits per heavy atom. The van der Waals surface area contributed by atoms with E-state index in [4.69, 9.17) is 18.6 Å². The van der Waals surface area contributed by atoms with E-state index in [2.05, 4.69) is 15.1 Å². The minimum Gasteiger partial charge on any atom is -0.457 e. The molecule has 5 aliphatic heterocycles. The first-order valence-corrected chi connectivity index (χ1v) is 22.0. The Balaban J connectivity index is 0.857. The van der Waals surface area contributed by atoms with Crippen LogP contribution < -0.4 is 11.1 Å². The molecule has 1 N–H and O–H groups in total. The van der Waals surface area contributed by atoms with Crippen LogP contribution in [0.5, 0.6) is 0 Å². The highest BCUT2D eigenvalue weighted by molar-refractivity contribution is 6.32. The van der Waals surface area contributed by atoms with Gasteiger partial charge in [-0.15, -0.1) is 0 Å². The van der Waals surface area contributed by atoms with Crippen LogP contribution in [0.4, 0.5) is 15.3 Å². The van der Waals surface area contributed by atoms with Gasteiger partial charge in [0.15, 0.2) is 11.7 Å². The Hall–Kier alpha value is -5.46. The van der Waals surface area contributed by atoms with Crippen LogP contribution in [-0.2, 0) is 48.5 Å². The Bertz CT molecular complexity index is 2180. The van der Waals surface area contributed by atoms with Gasteiger partial charge in [0.05, 0.1) is 18.7 Å². The van der Waals surface area contributed by atoms with Gasteiger partial charge in [-0.2, -0.15) is 0 Å². The fourth-order valence-electron chi connectivity index (χ4n) is 9.61. The lowest BCUT2D eigenvalue weighted by molar-refractivity contribution is -0.161. The molecule has 18 heteroatoms. The first kappa shape index (κ1) is 43.2. The zero-order valence-corrected chi connectivity index (χ0v) is 35.8. The van der Waals surface area contributed by atoms with Crippen molar-refractivity contribution in [2.45, 2.75) is 63.6 Å². The summed E-state index contributed by atoms with van der Waals surface area (Å²) in [5, 5.41) is 3.04. The van der Waals surface area contributed by atoms with Gasteiger partial charge in [0.1, 0.15) is 6.61 Å². The molecule has 62 heavy (non-hydrogen) atoms. The van der Waals surface area contributed by atoms with Crippen molar-refractivity contribution in [3.05, 3.63) is 63.6 Å². The van der Waals surface area contributed by atoms with Crippen LogP contribution in [0.25, 0.3) is 11.1 Å². The van der Waals surface area contributed by atoms with Crippen molar-refractivity contribution < 1.29 is 42.6 Å². The molecular formula is C44H58N8O10. The third-order valence-corrected chi connectivity index (χ3v) is 13.2. The van der Waals surface area contributed by atoms with E-state index in [1.54, 1.807) is 27.8 Å². The largest absolute Gasteiger partial charge is 0.457 e. The number of urea groups is 1. The van der Waals surface area contributed by atoms with E-state index < -0.39 is 29.8 Å². The number of anilines is 1. The van der Waals surface area contributed by atoms with Gasteiger partial charge in [0.25, 0.3) is 5.91 Å². The van der Waals surface area contributed by atoms with Gasteiger partial charge in [-0.1, -0.05) is 24.3 Å². The van der Waals surface area contributed by atoms with Gasteiger partial charge in [0.2, 0.25) is 0 Å². The number of rotatable bonds is 9. The number of nitrogens with one attached hydrogen (secondary N) is 1. The highest BCUT2D eigenvalue weighted by atomic mass is 16.6. The van der Waals surface area contributed by atoms with Gasteiger partial charge in [-0.25, -0.2) is 19.2 Å². The predicted octanol–water partition coefficient (Wildman–Crippen LogP) is 2.05. The Morgan fingerprint density at radius 3 is 2.26 bits per heavy atom. The van der Waals surface area contributed by atoms with Crippen LogP contribution in [0.3, 0.4) is 0 Å². The number of oxazole rings is 1. The van der Waals surface area contributed by atoms with E-state index in [1.165, 1.54) is 4.57 Å². The Morgan fingerprint density at radius 2 is 1.52 bits per heavy atom. The Labute approximate surface area is 360 Å². The SMILES string of the molecule is Cc1cc(C[C@@H](OC(=O)N2CCC(N3CCc4ccccc4NC3=O)CC2)C(=O)N2CCC(N3CCN(C(=O)C(=O)OCCN4CCOCC4)CC3)CC2)cc2oc(=O)n(C)c12. The van der Waals surface area contributed by atoms with Gasteiger partial charge in [0, 0.05) is 110 Å². The molecule has 1 atom stereocenters. The minimum atomic E-state index is -1.12. The molecule has 2 aromatic carbocycles. The van der Waals surface area contributed by atoms with E-state index in [0.717, 1.165) is 36.3 Å². The molecule has 8 rings (SSSR count). The van der Waals surface area contributed by atoms with Crippen molar-refractivity contribution >= 4 is 46.7 Å². The third kappa shape index (κ3) is 9.76. The molecule has 0 bridgehead atoms. The number of esters is 1. The number of fused-ring (bicyclic) bond motifs is 2. The predicted molar refractivity (Wildman–Crippen MR) is 227 cm³/mol. The maximum Gasteiger partial charge on any atom is 0.419 e. The number of morpholine rings is 1. The summed E-state index contributed by atoms with van der Waals surface area (Å²) in [6.45, 7) is 9.77. The lowest BCUT2D eigenvalue weighted by atomic mass is 9.99. The van der Waals surface area contributed by atoms with E-state index in [1.807, 2.05) is 42.2 Å². The number of piperazine rings is 1. The van der Waals surface area contributed by atoms with Crippen LogP contribution >= 0.6 is 0 Å². The zero-order chi connectivity index (χ0) is 43.3. The summed E-state index contributed by atoms with van der Waals surface area (Å²) >= 11 is 0. The summed E-state index contributed by atoms with van der Waals surface area (Å²) in [6.07, 6.45) is 1.69. The van der Waals surface area contributed by atoms with E-state index in [0.29, 0.717) is 121 Å². The number of aryl methyl sites for hydroxylation is 2. The van der Waals surface area contributed by atoms with E-state index in [9.17, 15) is 28.8 Å². The summed E-state index contributed by atoms with van der Waals surface area (Å²) in [5.74, 6) is -2.22. The van der Waals surface area contributed by atoms with Crippen molar-refractivity contribution in [1.82, 2.24) is 34.0 Å². The van der Waals surface area contributed by atoms with Crippen molar-refractivity contribution in [3.63, 3.8) is 0 Å². The number of benzene rings is 2. The highest BCUT2D eigenvalue weighted by Gasteiger charge is 2.37. The van der Waals surface area contributed by atoms with Gasteiger partial charge >= 0.3 is 29.8 Å². The van der Waals surface area contributed by atoms with E-state index >= 15 is 0 Å². The van der Waals surface area contributed by atoms with Gasteiger partial charge in [-0.3, -0.25) is 24.0 Å². The fourth-order valence-corrected chi connectivity index (χ4v) is 9.61. The summed E-state index contributed by atoms with van der Waals surface area (Å²) < 4.78 is 23.7. The zero-order valence-electron chi connectivity index (χ0n) is 35.8. The maximum atomic E-state index is 14.4. The topological polar surface area (TPSA) is 180 Å². The van der Waals surface area contributed by atoms with Crippen molar-refractivity contribution in [2.75, 3.05) is 104 Å². The highest BCUT2D eigenvalue weighted by Crippen LogP contribution is 2.27.